The Bertz CT molecular complexity index is 888. The molecule has 1 aliphatic carbocycles. The van der Waals surface area contributed by atoms with Gasteiger partial charge < -0.3 is 10.0 Å². The molecule has 1 saturated heterocycles. The highest BCUT2D eigenvalue weighted by Gasteiger charge is 2.47. The molecule has 5 nitrogen and oxygen atoms in total. The average molecular weight is 363 g/mol. The highest BCUT2D eigenvalue weighted by molar-refractivity contribution is 6.15. The quantitative estimate of drug-likeness (QED) is 0.829. The molecule has 138 valence electrons. The van der Waals surface area contributed by atoms with Crippen molar-refractivity contribution >= 4 is 17.7 Å². The Morgan fingerprint density at radius 2 is 1.48 bits per heavy atom. The summed E-state index contributed by atoms with van der Waals surface area (Å²) in [6.07, 6.45) is 2.08. The van der Waals surface area contributed by atoms with Gasteiger partial charge in [0.05, 0.1) is 11.5 Å². The van der Waals surface area contributed by atoms with E-state index in [0.29, 0.717) is 29.2 Å². The van der Waals surface area contributed by atoms with Crippen LogP contribution in [0, 0.1) is 17.8 Å². The Hall–Kier alpha value is -2.95. The number of carbonyl (C=O) groups is 3. The van der Waals surface area contributed by atoms with Crippen molar-refractivity contribution in [3.05, 3.63) is 71.3 Å². The van der Waals surface area contributed by atoms with E-state index in [0.717, 1.165) is 12.8 Å². The van der Waals surface area contributed by atoms with Gasteiger partial charge in [-0.25, -0.2) is 0 Å². The lowest BCUT2D eigenvalue weighted by Gasteiger charge is -2.18. The largest absolute Gasteiger partial charge is 0.481 e. The maximum atomic E-state index is 13.1. The minimum atomic E-state index is -0.837. The topological polar surface area (TPSA) is 74.7 Å². The number of hydrogen-bond acceptors (Lipinski definition) is 3. The smallest absolute Gasteiger partial charge is 0.308 e. The van der Waals surface area contributed by atoms with Crippen LogP contribution in [0.2, 0.25) is 0 Å². The molecule has 2 aromatic carbocycles. The minimum absolute atomic E-state index is 0.0171. The van der Waals surface area contributed by atoms with Crippen molar-refractivity contribution in [1.29, 1.82) is 0 Å². The van der Waals surface area contributed by atoms with Crippen LogP contribution in [-0.4, -0.2) is 40.8 Å². The van der Waals surface area contributed by atoms with Gasteiger partial charge in [0.15, 0.2) is 5.78 Å². The van der Waals surface area contributed by atoms with E-state index in [1.165, 1.54) is 0 Å². The molecule has 1 saturated carbocycles. The molecule has 27 heavy (non-hydrogen) atoms. The standard InChI is InChI=1S/C22H21NO4/c24-20(15-6-2-1-3-7-15)16-8-4-5-9-17(16)21(25)23-12-18(14-10-11-14)19(13-23)22(26)27/h1-9,14,18-19H,10-13H2,(H,26,27)/t18-,19+/m1/s1. The molecule has 2 atom stereocenters. The van der Waals surface area contributed by atoms with Crippen molar-refractivity contribution in [3.8, 4) is 0 Å². The number of rotatable bonds is 5. The number of ketones is 1. The Balaban J connectivity index is 1.61. The lowest BCUT2D eigenvalue weighted by atomic mass is 9.92. The van der Waals surface area contributed by atoms with E-state index in [1.807, 2.05) is 6.07 Å². The number of hydrogen-bond donors (Lipinski definition) is 1. The van der Waals surface area contributed by atoms with Crippen LogP contribution in [0.3, 0.4) is 0 Å². The molecule has 4 rings (SSSR count). The first-order valence-electron chi connectivity index (χ1n) is 9.27. The van der Waals surface area contributed by atoms with Crippen molar-refractivity contribution in [2.24, 2.45) is 17.8 Å². The van der Waals surface area contributed by atoms with E-state index in [-0.39, 0.29) is 24.2 Å². The molecule has 0 spiro atoms. The van der Waals surface area contributed by atoms with E-state index in [9.17, 15) is 19.5 Å². The molecule has 1 aliphatic heterocycles. The summed E-state index contributed by atoms with van der Waals surface area (Å²) in [6.45, 7) is 0.664. The van der Waals surface area contributed by atoms with Gasteiger partial charge >= 0.3 is 5.97 Å². The molecule has 2 fully saturated rings. The van der Waals surface area contributed by atoms with E-state index < -0.39 is 11.9 Å². The van der Waals surface area contributed by atoms with Crippen molar-refractivity contribution < 1.29 is 19.5 Å². The van der Waals surface area contributed by atoms with Crippen LogP contribution >= 0.6 is 0 Å². The van der Waals surface area contributed by atoms with Crippen molar-refractivity contribution in [1.82, 2.24) is 4.90 Å². The van der Waals surface area contributed by atoms with Gasteiger partial charge in [-0.1, -0.05) is 48.5 Å². The number of likely N-dealkylation sites (tertiary alicyclic amines) is 1. The second kappa shape index (κ2) is 6.99. The zero-order valence-corrected chi connectivity index (χ0v) is 14.9. The summed E-state index contributed by atoms with van der Waals surface area (Å²) in [4.78, 5) is 39.2. The molecule has 0 aromatic heterocycles. The summed E-state index contributed by atoms with van der Waals surface area (Å²) in [5.74, 6) is -1.39. The molecule has 5 heteroatoms. The molecule has 0 bridgehead atoms. The lowest BCUT2D eigenvalue weighted by molar-refractivity contribution is -0.142. The Morgan fingerprint density at radius 3 is 2.11 bits per heavy atom. The van der Waals surface area contributed by atoms with Crippen LogP contribution in [0.4, 0.5) is 0 Å². The van der Waals surface area contributed by atoms with Crippen LogP contribution in [0.15, 0.2) is 54.6 Å². The summed E-state index contributed by atoms with van der Waals surface area (Å²) >= 11 is 0. The molecule has 1 amide bonds. The maximum absolute atomic E-state index is 13.1. The van der Waals surface area contributed by atoms with Gasteiger partial charge in [-0.05, 0) is 30.7 Å². The minimum Gasteiger partial charge on any atom is -0.481 e. The summed E-state index contributed by atoms with van der Waals surface area (Å²) < 4.78 is 0. The lowest BCUT2D eigenvalue weighted by Crippen LogP contribution is -2.31. The van der Waals surface area contributed by atoms with E-state index in [2.05, 4.69) is 0 Å². The first-order chi connectivity index (χ1) is 13.1. The zero-order chi connectivity index (χ0) is 19.0. The van der Waals surface area contributed by atoms with E-state index >= 15 is 0 Å². The fraction of sp³-hybridized carbons (Fsp3) is 0.318. The molecule has 0 unspecified atom stereocenters. The Labute approximate surface area is 157 Å². The summed E-state index contributed by atoms with van der Waals surface area (Å²) in [5.41, 5.74) is 1.22. The third-order valence-electron chi connectivity index (χ3n) is 5.64. The normalized spacial score (nSPS) is 21.9. The fourth-order valence-electron chi connectivity index (χ4n) is 4.04. The van der Waals surface area contributed by atoms with Gasteiger partial charge in [-0.3, -0.25) is 14.4 Å². The van der Waals surface area contributed by atoms with Crippen LogP contribution in [0.25, 0.3) is 0 Å². The summed E-state index contributed by atoms with van der Waals surface area (Å²) in [6, 6.07) is 15.6. The number of benzene rings is 2. The van der Waals surface area contributed by atoms with Gasteiger partial charge in [0.1, 0.15) is 0 Å². The Kier molecular flexibility index (Phi) is 4.52. The molecular weight excluding hydrogens is 342 g/mol. The Morgan fingerprint density at radius 1 is 0.852 bits per heavy atom. The first-order valence-corrected chi connectivity index (χ1v) is 9.27. The highest BCUT2D eigenvalue weighted by Crippen LogP contribution is 2.44. The van der Waals surface area contributed by atoms with Gasteiger partial charge in [-0.15, -0.1) is 0 Å². The van der Waals surface area contributed by atoms with E-state index in [1.54, 1.807) is 53.4 Å². The maximum Gasteiger partial charge on any atom is 0.308 e. The second-order valence-corrected chi connectivity index (χ2v) is 7.40. The fourth-order valence-corrected chi connectivity index (χ4v) is 4.04. The van der Waals surface area contributed by atoms with Crippen LogP contribution < -0.4 is 0 Å². The molecule has 2 aliphatic rings. The van der Waals surface area contributed by atoms with Crippen molar-refractivity contribution in [2.45, 2.75) is 12.8 Å². The third kappa shape index (κ3) is 3.37. The molecule has 1 heterocycles. The van der Waals surface area contributed by atoms with Gasteiger partial charge in [0.2, 0.25) is 0 Å². The SMILES string of the molecule is O=C(c1ccccc1)c1ccccc1C(=O)N1C[C@H](C(=O)O)[C@@H](C2CC2)C1. The van der Waals surface area contributed by atoms with Crippen LogP contribution in [-0.2, 0) is 4.79 Å². The first kappa shape index (κ1) is 17.5. The zero-order valence-electron chi connectivity index (χ0n) is 14.9. The number of carbonyl (C=O) groups excluding carboxylic acids is 2. The number of amides is 1. The monoisotopic (exact) mass is 363 g/mol. The number of nitrogens with zero attached hydrogens (tertiary/aromatic N) is 1. The van der Waals surface area contributed by atoms with Gasteiger partial charge in [0, 0.05) is 24.2 Å². The number of carboxylic acid groups (broad SMARTS) is 1. The van der Waals surface area contributed by atoms with Gasteiger partial charge in [0.25, 0.3) is 5.91 Å². The summed E-state index contributed by atoms with van der Waals surface area (Å²) in [7, 11) is 0. The predicted octanol–water partition coefficient (Wildman–Crippen LogP) is 3.10. The number of aliphatic carboxylic acids is 1. The predicted molar refractivity (Wildman–Crippen MR) is 99.6 cm³/mol. The molecule has 2 aromatic rings. The van der Waals surface area contributed by atoms with Crippen LogP contribution in [0.1, 0.15) is 39.1 Å². The van der Waals surface area contributed by atoms with Crippen molar-refractivity contribution in [3.63, 3.8) is 0 Å². The molecule has 0 radical (unpaired) electrons. The van der Waals surface area contributed by atoms with Gasteiger partial charge in [-0.2, -0.15) is 0 Å². The summed E-state index contributed by atoms with van der Waals surface area (Å²) in [5, 5.41) is 9.53. The molecular formula is C22H21NO4. The van der Waals surface area contributed by atoms with E-state index in [4.69, 9.17) is 0 Å². The average Bonchev–Trinajstić information content (AvgIpc) is 3.45. The third-order valence-corrected chi connectivity index (χ3v) is 5.64. The second-order valence-electron chi connectivity index (χ2n) is 7.40. The molecule has 1 N–H and O–H groups in total. The highest BCUT2D eigenvalue weighted by atomic mass is 16.4. The van der Waals surface area contributed by atoms with Crippen molar-refractivity contribution in [2.75, 3.05) is 13.1 Å². The van der Waals surface area contributed by atoms with Crippen LogP contribution in [0.5, 0.6) is 0 Å². The number of carboxylic acids is 1.